The van der Waals surface area contributed by atoms with Crippen LogP contribution in [0.1, 0.15) is 0 Å². The lowest BCUT2D eigenvalue weighted by molar-refractivity contribution is -0.471. The fourth-order valence-electron chi connectivity index (χ4n) is 1.09. The molecule has 6 nitrogen and oxygen atoms in total. The Morgan fingerprint density at radius 3 is 1.82 bits per heavy atom. The van der Waals surface area contributed by atoms with Crippen molar-refractivity contribution in [3.8, 4) is 0 Å². The van der Waals surface area contributed by atoms with Crippen molar-refractivity contribution in [1.82, 2.24) is 0 Å². The summed E-state index contributed by atoms with van der Waals surface area (Å²) in [7, 11) is 0. The quantitative estimate of drug-likeness (QED) is 0.438. The Balaban J connectivity index is 3.65. The molecule has 0 aromatic carbocycles. The third-order valence-electron chi connectivity index (χ3n) is 1.88. The number of hydrogen-bond donors (Lipinski definition) is 0. The molecule has 94 valence electrons. The summed E-state index contributed by atoms with van der Waals surface area (Å²) in [6, 6.07) is 0. The maximum absolute atomic E-state index is 10.8. The molecule has 0 saturated carbocycles. The van der Waals surface area contributed by atoms with Gasteiger partial charge in [-0.15, -0.1) is 0 Å². The molecule has 1 rings (SSSR count). The highest BCUT2D eigenvalue weighted by molar-refractivity contribution is 6.67. The molecule has 0 spiro atoms. The van der Waals surface area contributed by atoms with Crippen LogP contribution in [-0.2, 0) is 0 Å². The number of rotatable bonds is 2. The van der Waals surface area contributed by atoms with Gasteiger partial charge in [-0.3, -0.25) is 20.2 Å². The van der Waals surface area contributed by atoms with Gasteiger partial charge in [0.15, 0.2) is 4.33 Å². The maximum atomic E-state index is 10.8. The number of allylic oxidation sites excluding steroid dienone is 3. The Hall–Kier alpha value is -0.270. The fraction of sp³-hybridized carbons (Fsp3) is 0.333. The van der Waals surface area contributed by atoms with Crippen LogP contribution in [0.5, 0.6) is 0 Å². The molecule has 0 radical (unpaired) electrons. The smallest absolute Gasteiger partial charge is 0.258 e. The minimum atomic E-state index is -2.55. The van der Waals surface area contributed by atoms with Crippen LogP contribution in [0.2, 0.25) is 0 Å². The highest BCUT2D eigenvalue weighted by Crippen LogP contribution is 2.56. The molecule has 0 atom stereocenters. The van der Waals surface area contributed by atoms with Crippen LogP contribution < -0.4 is 0 Å². The summed E-state index contributed by atoms with van der Waals surface area (Å²) in [6.45, 7) is 0. The minimum Gasteiger partial charge on any atom is -0.258 e. The zero-order valence-electron chi connectivity index (χ0n) is 7.49. The number of hydrogen-bond acceptors (Lipinski definition) is 4. The molecule has 17 heavy (non-hydrogen) atoms. The van der Waals surface area contributed by atoms with Gasteiger partial charge in [0.05, 0.1) is 14.9 Å². The number of alkyl halides is 4. The lowest BCUT2D eigenvalue weighted by Crippen LogP contribution is -2.44. The second-order valence-electron chi connectivity index (χ2n) is 2.89. The summed E-state index contributed by atoms with van der Waals surface area (Å²) in [5.41, 5.74) is -2.11. The van der Waals surface area contributed by atoms with Gasteiger partial charge in [0.2, 0.25) is 0 Å². The van der Waals surface area contributed by atoms with Crippen LogP contribution in [0.4, 0.5) is 0 Å². The van der Waals surface area contributed by atoms with Crippen molar-refractivity contribution in [2.75, 3.05) is 0 Å². The third kappa shape index (κ3) is 2.20. The summed E-state index contributed by atoms with van der Waals surface area (Å²) in [5, 5.41) is 20.9. The van der Waals surface area contributed by atoms with Crippen LogP contribution >= 0.6 is 58.0 Å². The van der Waals surface area contributed by atoms with Gasteiger partial charge in [0.25, 0.3) is 4.33 Å². The maximum Gasteiger partial charge on any atom is 0.361 e. The molecule has 0 heterocycles. The van der Waals surface area contributed by atoms with E-state index in [0.717, 1.165) is 0 Å². The van der Waals surface area contributed by atoms with Crippen LogP contribution in [0.3, 0.4) is 0 Å². The van der Waals surface area contributed by atoms with E-state index in [1.807, 2.05) is 0 Å². The van der Waals surface area contributed by atoms with E-state index in [0.29, 0.717) is 6.08 Å². The fourth-order valence-corrected chi connectivity index (χ4v) is 2.25. The summed E-state index contributed by atoms with van der Waals surface area (Å²) in [4.78, 5) is 19.2. The molecule has 0 aromatic rings. The van der Waals surface area contributed by atoms with Gasteiger partial charge in [-0.05, 0) is 0 Å². The normalized spacial score (nSPS) is 22.1. The van der Waals surface area contributed by atoms with Crippen LogP contribution in [0.15, 0.2) is 22.5 Å². The van der Waals surface area contributed by atoms with Gasteiger partial charge in [-0.25, -0.2) is 0 Å². The van der Waals surface area contributed by atoms with Crippen LogP contribution in [-0.4, -0.2) is 18.5 Å². The van der Waals surface area contributed by atoms with Crippen molar-refractivity contribution in [3.05, 3.63) is 42.7 Å². The zero-order valence-corrected chi connectivity index (χ0v) is 11.3. The summed E-state index contributed by atoms with van der Waals surface area (Å²) in [5.74, 6) is 0. The number of nitrogens with zero attached hydrogens (tertiary/aromatic N) is 2. The monoisotopic (exact) mass is 340 g/mol. The predicted molar refractivity (Wildman–Crippen MR) is 63.8 cm³/mol. The third-order valence-corrected chi connectivity index (χ3v) is 4.75. The lowest BCUT2D eigenvalue weighted by Gasteiger charge is -2.31. The topological polar surface area (TPSA) is 86.3 Å². The van der Waals surface area contributed by atoms with E-state index in [9.17, 15) is 20.2 Å². The standard InChI is InChI=1S/C6HCl5N2O4/c7-3-1-2(12(14)15)4(13(16)17)6(10,11)5(3,8)9/h1H. The molecule has 0 fully saturated rings. The molecule has 0 unspecified atom stereocenters. The average Bonchev–Trinajstić information content (AvgIpc) is 2.12. The van der Waals surface area contributed by atoms with E-state index >= 15 is 0 Å². The first-order chi connectivity index (χ1) is 7.53. The summed E-state index contributed by atoms with van der Waals surface area (Å²) >= 11 is 28.2. The summed E-state index contributed by atoms with van der Waals surface area (Å²) in [6.07, 6.45) is 0.642. The van der Waals surface area contributed by atoms with E-state index in [1.54, 1.807) is 0 Å². The Labute approximate surface area is 119 Å². The Morgan fingerprint density at radius 1 is 1.00 bits per heavy atom. The molecule has 1 aliphatic carbocycles. The molecule has 0 aromatic heterocycles. The van der Waals surface area contributed by atoms with Crippen molar-refractivity contribution < 1.29 is 9.85 Å². The second-order valence-corrected chi connectivity index (χ2v) is 5.95. The van der Waals surface area contributed by atoms with Crippen LogP contribution in [0.25, 0.3) is 0 Å². The van der Waals surface area contributed by atoms with Gasteiger partial charge >= 0.3 is 11.4 Å². The van der Waals surface area contributed by atoms with Gasteiger partial charge in [0, 0.05) is 6.08 Å². The Kier molecular flexibility index (Phi) is 3.86. The number of nitro groups is 2. The molecule has 0 bridgehead atoms. The van der Waals surface area contributed by atoms with Crippen LogP contribution in [0, 0.1) is 20.2 Å². The molecule has 11 heteroatoms. The first kappa shape index (κ1) is 14.8. The number of halogens is 5. The van der Waals surface area contributed by atoms with Crippen molar-refractivity contribution in [2.24, 2.45) is 0 Å². The second kappa shape index (κ2) is 4.44. The van der Waals surface area contributed by atoms with E-state index in [-0.39, 0.29) is 0 Å². The van der Waals surface area contributed by atoms with Crippen molar-refractivity contribution >= 4 is 58.0 Å². The van der Waals surface area contributed by atoms with E-state index < -0.39 is 34.9 Å². The SMILES string of the molecule is O=[N+]([O-])C1=C([N+](=O)[O-])C(Cl)(Cl)C(Cl)(Cl)C(Cl)=C1. The van der Waals surface area contributed by atoms with Gasteiger partial charge in [-0.1, -0.05) is 58.0 Å². The first-order valence-electron chi connectivity index (χ1n) is 3.70. The summed E-state index contributed by atoms with van der Waals surface area (Å²) < 4.78 is -4.80. The Morgan fingerprint density at radius 2 is 1.47 bits per heavy atom. The van der Waals surface area contributed by atoms with Gasteiger partial charge < -0.3 is 0 Å². The Bertz CT molecular complexity index is 469. The van der Waals surface area contributed by atoms with Crippen molar-refractivity contribution in [2.45, 2.75) is 8.67 Å². The lowest BCUT2D eigenvalue weighted by atomic mass is 10.1. The van der Waals surface area contributed by atoms with E-state index in [1.165, 1.54) is 0 Å². The molecule has 1 aliphatic rings. The largest absolute Gasteiger partial charge is 0.361 e. The minimum absolute atomic E-state index is 0.483. The molecular weight excluding hydrogens is 341 g/mol. The van der Waals surface area contributed by atoms with Gasteiger partial charge in [-0.2, -0.15) is 0 Å². The highest BCUT2D eigenvalue weighted by Gasteiger charge is 2.64. The zero-order chi connectivity index (χ0) is 13.6. The van der Waals surface area contributed by atoms with Crippen molar-refractivity contribution in [1.29, 1.82) is 0 Å². The predicted octanol–water partition coefficient (Wildman–Crippen LogP) is 3.24. The first-order valence-corrected chi connectivity index (χ1v) is 5.59. The van der Waals surface area contributed by atoms with E-state index in [4.69, 9.17) is 58.0 Å². The molecular formula is C6HCl5N2O4. The van der Waals surface area contributed by atoms with Gasteiger partial charge in [0.1, 0.15) is 0 Å². The van der Waals surface area contributed by atoms with E-state index in [2.05, 4.69) is 0 Å². The molecule has 0 saturated heterocycles. The highest BCUT2D eigenvalue weighted by atomic mass is 35.5. The molecule has 0 amide bonds. The van der Waals surface area contributed by atoms with Crippen molar-refractivity contribution in [3.63, 3.8) is 0 Å². The average molecular weight is 342 g/mol. The molecule has 0 aliphatic heterocycles. The molecule has 0 N–H and O–H groups in total.